The molecular formula is C23H25ClN6O2. The zero-order valence-corrected chi connectivity index (χ0v) is 18.6. The molecule has 0 radical (unpaired) electrons. The van der Waals surface area contributed by atoms with Crippen LogP contribution >= 0.6 is 11.6 Å². The zero-order chi connectivity index (χ0) is 22.1. The number of benzene rings is 2. The van der Waals surface area contributed by atoms with Gasteiger partial charge >= 0.3 is 0 Å². The molecule has 8 nitrogen and oxygen atoms in total. The van der Waals surface area contributed by atoms with Crippen molar-refractivity contribution in [1.29, 1.82) is 0 Å². The second kappa shape index (κ2) is 8.82. The molecule has 3 heterocycles. The van der Waals surface area contributed by atoms with Crippen molar-refractivity contribution in [3.05, 3.63) is 51.8 Å². The molecule has 1 saturated heterocycles. The van der Waals surface area contributed by atoms with Crippen LogP contribution in [0.3, 0.4) is 0 Å². The number of anilines is 2. The van der Waals surface area contributed by atoms with Gasteiger partial charge in [0.15, 0.2) is 0 Å². The highest BCUT2D eigenvalue weighted by molar-refractivity contribution is 6.31. The Morgan fingerprint density at radius 1 is 1.09 bits per heavy atom. The Balaban J connectivity index is 1.63. The van der Waals surface area contributed by atoms with E-state index in [0.717, 1.165) is 60.5 Å². The van der Waals surface area contributed by atoms with Crippen molar-refractivity contribution in [2.45, 2.75) is 0 Å². The van der Waals surface area contributed by atoms with Gasteiger partial charge in [0, 0.05) is 42.3 Å². The SMILES string of the molecule is CNCCNc1c(-c2nc3cc(N4CCOCC4)ccc3[nH]2)c(=O)[nH]c2ccc(Cl)cc12. The molecule has 0 unspecified atom stereocenters. The lowest BCUT2D eigenvalue weighted by Gasteiger charge is -2.28. The van der Waals surface area contributed by atoms with Gasteiger partial charge < -0.3 is 30.2 Å². The number of hydrogen-bond donors (Lipinski definition) is 4. The minimum absolute atomic E-state index is 0.209. The van der Waals surface area contributed by atoms with E-state index in [1.807, 2.05) is 25.2 Å². The standard InChI is InChI=1S/C23H25ClN6O2/c1-25-6-7-26-21-16-12-14(24)2-4-17(16)29-23(31)20(21)22-27-18-5-3-15(13-19(18)28-22)30-8-10-32-11-9-30/h2-5,12-13,25H,6-11H2,1H3,(H,27,28)(H2,26,29,31). The van der Waals surface area contributed by atoms with Gasteiger partial charge in [-0.05, 0) is 43.4 Å². The van der Waals surface area contributed by atoms with E-state index in [-0.39, 0.29) is 5.56 Å². The van der Waals surface area contributed by atoms with Crippen LogP contribution in [0.25, 0.3) is 33.3 Å². The number of rotatable bonds is 6. The Morgan fingerprint density at radius 3 is 2.72 bits per heavy atom. The number of hydrogen-bond acceptors (Lipinski definition) is 6. The highest BCUT2D eigenvalue weighted by Crippen LogP contribution is 2.33. The molecule has 2 aromatic carbocycles. The summed E-state index contributed by atoms with van der Waals surface area (Å²) >= 11 is 6.28. The van der Waals surface area contributed by atoms with Crippen molar-refractivity contribution in [2.24, 2.45) is 0 Å². The van der Waals surface area contributed by atoms with Gasteiger partial charge in [0.1, 0.15) is 11.4 Å². The third-order valence-electron chi connectivity index (χ3n) is 5.73. The van der Waals surface area contributed by atoms with Crippen molar-refractivity contribution in [2.75, 3.05) is 56.7 Å². The van der Waals surface area contributed by atoms with E-state index in [4.69, 9.17) is 21.3 Å². The van der Waals surface area contributed by atoms with Crippen molar-refractivity contribution in [1.82, 2.24) is 20.3 Å². The van der Waals surface area contributed by atoms with Crippen LogP contribution in [0, 0.1) is 0 Å². The van der Waals surface area contributed by atoms with Gasteiger partial charge in [-0.2, -0.15) is 0 Å². The molecule has 0 saturated carbocycles. The average Bonchev–Trinajstić information content (AvgIpc) is 3.23. The first kappa shape index (κ1) is 20.8. The largest absolute Gasteiger partial charge is 0.382 e. The molecule has 4 aromatic rings. The molecule has 2 aromatic heterocycles. The van der Waals surface area contributed by atoms with Gasteiger partial charge in [-0.1, -0.05) is 11.6 Å². The molecule has 1 aliphatic rings. The summed E-state index contributed by atoms with van der Waals surface area (Å²) in [7, 11) is 1.89. The first-order chi connectivity index (χ1) is 15.6. The Hall–Kier alpha value is -3.07. The number of H-pyrrole nitrogens is 2. The van der Waals surface area contributed by atoms with E-state index in [1.165, 1.54) is 0 Å². The molecule has 0 aliphatic carbocycles. The summed E-state index contributed by atoms with van der Waals surface area (Å²) in [5, 5.41) is 7.98. The number of aromatic nitrogens is 3. The molecule has 32 heavy (non-hydrogen) atoms. The maximum atomic E-state index is 13.1. The minimum Gasteiger partial charge on any atom is -0.382 e. The third kappa shape index (κ3) is 3.92. The number of nitrogens with zero attached hydrogens (tertiary/aromatic N) is 2. The van der Waals surface area contributed by atoms with E-state index in [1.54, 1.807) is 6.07 Å². The fourth-order valence-corrected chi connectivity index (χ4v) is 4.29. The van der Waals surface area contributed by atoms with Crippen LogP contribution in [0.2, 0.25) is 5.02 Å². The number of imidazole rings is 1. The van der Waals surface area contributed by atoms with Crippen LogP contribution in [0.1, 0.15) is 0 Å². The van der Waals surface area contributed by atoms with Crippen molar-refractivity contribution < 1.29 is 4.74 Å². The summed E-state index contributed by atoms with van der Waals surface area (Å²) in [6, 6.07) is 11.6. The quantitative estimate of drug-likeness (QED) is 0.335. The number of halogens is 1. The lowest BCUT2D eigenvalue weighted by Crippen LogP contribution is -2.36. The fraction of sp³-hybridized carbons (Fsp3) is 0.304. The molecule has 166 valence electrons. The highest BCUT2D eigenvalue weighted by atomic mass is 35.5. The molecule has 0 spiro atoms. The lowest BCUT2D eigenvalue weighted by atomic mass is 10.1. The number of aromatic amines is 2. The Labute approximate surface area is 189 Å². The number of fused-ring (bicyclic) bond motifs is 2. The summed E-state index contributed by atoms with van der Waals surface area (Å²) in [5.74, 6) is 0.522. The van der Waals surface area contributed by atoms with Gasteiger partial charge in [0.2, 0.25) is 0 Å². The molecule has 0 bridgehead atoms. The zero-order valence-electron chi connectivity index (χ0n) is 17.8. The van der Waals surface area contributed by atoms with E-state index in [9.17, 15) is 4.79 Å². The molecular weight excluding hydrogens is 428 g/mol. The van der Waals surface area contributed by atoms with Gasteiger partial charge in [-0.3, -0.25) is 4.79 Å². The third-order valence-corrected chi connectivity index (χ3v) is 5.97. The fourth-order valence-electron chi connectivity index (χ4n) is 4.12. The van der Waals surface area contributed by atoms with E-state index in [2.05, 4.69) is 37.6 Å². The summed E-state index contributed by atoms with van der Waals surface area (Å²) in [6.45, 7) is 4.55. The number of morpholine rings is 1. The predicted octanol–water partition coefficient (Wildman–Crippen LogP) is 3.19. The smallest absolute Gasteiger partial charge is 0.261 e. The van der Waals surface area contributed by atoms with Crippen molar-refractivity contribution in [3.8, 4) is 11.4 Å². The van der Waals surface area contributed by atoms with Gasteiger partial charge in [0.05, 0.1) is 35.5 Å². The molecule has 0 amide bonds. The maximum Gasteiger partial charge on any atom is 0.261 e. The van der Waals surface area contributed by atoms with Gasteiger partial charge in [-0.25, -0.2) is 4.98 Å². The van der Waals surface area contributed by atoms with Gasteiger partial charge in [0.25, 0.3) is 5.56 Å². The van der Waals surface area contributed by atoms with Crippen LogP contribution in [-0.2, 0) is 4.74 Å². The molecule has 1 fully saturated rings. The first-order valence-electron chi connectivity index (χ1n) is 10.7. The van der Waals surface area contributed by atoms with Crippen LogP contribution in [0.5, 0.6) is 0 Å². The number of ether oxygens (including phenoxy) is 1. The Bertz CT molecular complexity index is 1330. The van der Waals surface area contributed by atoms with E-state index in [0.29, 0.717) is 28.6 Å². The van der Waals surface area contributed by atoms with E-state index < -0.39 is 0 Å². The molecule has 0 atom stereocenters. The van der Waals surface area contributed by atoms with Crippen LogP contribution < -0.4 is 21.1 Å². The predicted molar refractivity (Wildman–Crippen MR) is 130 cm³/mol. The topological polar surface area (TPSA) is 98.1 Å². The second-order valence-corrected chi connectivity index (χ2v) is 8.25. The summed E-state index contributed by atoms with van der Waals surface area (Å²) in [5.41, 5.74) is 4.50. The summed E-state index contributed by atoms with van der Waals surface area (Å²) < 4.78 is 5.46. The first-order valence-corrected chi connectivity index (χ1v) is 11.1. The van der Waals surface area contributed by atoms with Crippen LogP contribution in [0.15, 0.2) is 41.2 Å². The normalized spacial score (nSPS) is 14.4. The minimum atomic E-state index is -0.209. The second-order valence-electron chi connectivity index (χ2n) is 7.81. The van der Waals surface area contributed by atoms with Gasteiger partial charge in [-0.15, -0.1) is 0 Å². The molecule has 1 aliphatic heterocycles. The lowest BCUT2D eigenvalue weighted by molar-refractivity contribution is 0.122. The molecule has 9 heteroatoms. The number of pyridine rings is 1. The number of likely N-dealkylation sites (N-methyl/N-ethyl adjacent to an activating group) is 1. The monoisotopic (exact) mass is 452 g/mol. The summed E-state index contributed by atoms with van der Waals surface area (Å²) in [4.78, 5) is 26.5. The van der Waals surface area contributed by atoms with Crippen molar-refractivity contribution in [3.63, 3.8) is 0 Å². The van der Waals surface area contributed by atoms with Crippen LogP contribution in [-0.4, -0.2) is 61.4 Å². The average molecular weight is 453 g/mol. The molecule has 4 N–H and O–H groups in total. The molecule has 5 rings (SSSR count). The Morgan fingerprint density at radius 2 is 1.91 bits per heavy atom. The number of nitrogens with one attached hydrogen (secondary N) is 4. The van der Waals surface area contributed by atoms with Crippen molar-refractivity contribution >= 4 is 44.9 Å². The van der Waals surface area contributed by atoms with Crippen LogP contribution in [0.4, 0.5) is 11.4 Å². The Kier molecular flexibility index (Phi) is 5.73. The van der Waals surface area contributed by atoms with E-state index >= 15 is 0 Å². The summed E-state index contributed by atoms with van der Waals surface area (Å²) in [6.07, 6.45) is 0. The maximum absolute atomic E-state index is 13.1. The highest BCUT2D eigenvalue weighted by Gasteiger charge is 2.19.